The lowest BCUT2D eigenvalue weighted by molar-refractivity contribution is 0.0694. The number of nitrogens with two attached hydrogens (primary N) is 1. The first-order chi connectivity index (χ1) is 14.3. The van der Waals surface area contributed by atoms with E-state index < -0.39 is 22.8 Å². The van der Waals surface area contributed by atoms with Crippen LogP contribution in [0.4, 0.5) is 14.5 Å². The first-order valence-corrected chi connectivity index (χ1v) is 9.92. The van der Waals surface area contributed by atoms with E-state index in [1.165, 1.54) is 6.20 Å². The molecule has 1 aromatic carbocycles. The number of carboxylic acids is 1. The lowest BCUT2D eigenvalue weighted by atomic mass is 10.1. The molecule has 1 saturated heterocycles. The quantitative estimate of drug-likeness (QED) is 0.794. The van der Waals surface area contributed by atoms with Gasteiger partial charge in [0.25, 0.3) is 0 Å². The Morgan fingerprint density at radius 1 is 1.37 bits per heavy atom. The topological polar surface area (TPSA) is 97.8 Å². The fourth-order valence-corrected chi connectivity index (χ4v) is 4.29. The Morgan fingerprint density at radius 2 is 2.13 bits per heavy atom. The molecule has 160 valence electrons. The van der Waals surface area contributed by atoms with Gasteiger partial charge in [-0.05, 0) is 37.8 Å². The molecule has 1 aromatic heterocycles. The van der Waals surface area contributed by atoms with Gasteiger partial charge in [-0.15, -0.1) is 0 Å². The summed E-state index contributed by atoms with van der Waals surface area (Å²) in [6.45, 7) is 2.77. The van der Waals surface area contributed by atoms with Crippen molar-refractivity contribution in [3.8, 4) is 5.75 Å². The average Bonchev–Trinajstić information content (AvgIpc) is 2.97. The summed E-state index contributed by atoms with van der Waals surface area (Å²) in [7, 11) is 0. The minimum absolute atomic E-state index is 0.0257. The number of hydrogen-bond donors (Lipinski definition) is 2. The first kappa shape index (κ1) is 20.3. The maximum atomic E-state index is 15.2. The van der Waals surface area contributed by atoms with Gasteiger partial charge in [-0.25, -0.2) is 13.6 Å². The van der Waals surface area contributed by atoms with Crippen molar-refractivity contribution in [3.05, 3.63) is 45.3 Å². The van der Waals surface area contributed by atoms with Crippen molar-refractivity contribution in [3.63, 3.8) is 0 Å². The Morgan fingerprint density at radius 3 is 2.83 bits per heavy atom. The zero-order valence-corrected chi connectivity index (χ0v) is 16.6. The summed E-state index contributed by atoms with van der Waals surface area (Å²) in [5.74, 6) is -2.12. The number of carbonyl (C=O) groups is 1. The predicted molar refractivity (Wildman–Crippen MR) is 109 cm³/mol. The normalized spacial score (nSPS) is 20.7. The second-order valence-electron chi connectivity index (χ2n) is 7.73. The molecular weight excluding hydrogens is 396 g/mol. The Hall–Kier alpha value is -2.94. The molecule has 2 aromatic rings. The summed E-state index contributed by atoms with van der Waals surface area (Å²) in [4.78, 5) is 26.0. The maximum absolute atomic E-state index is 15.2. The molecule has 0 saturated carbocycles. The molecule has 4 rings (SSSR count). The standard InChI is InChI=1S/C21H23F2N3O4/c1-11-10-30-20-17-13(19(27)14(21(28)29)9-26(11)17)7-15(22)18(20)25-5-2-3-12(4-6-25)16(23)8-24/h7,9,11H,2-6,8,10,24H2,1H3,(H,28,29)/b16-12+/t11-/m0/s1. The van der Waals surface area contributed by atoms with Crippen LogP contribution in [0.15, 0.2) is 28.5 Å². The summed E-state index contributed by atoms with van der Waals surface area (Å²) in [6.07, 6.45) is 2.89. The van der Waals surface area contributed by atoms with Crippen LogP contribution in [0.25, 0.3) is 10.9 Å². The number of hydrogen-bond acceptors (Lipinski definition) is 5. The van der Waals surface area contributed by atoms with Gasteiger partial charge in [0.15, 0.2) is 11.6 Å². The van der Waals surface area contributed by atoms with E-state index in [1.54, 1.807) is 9.47 Å². The summed E-state index contributed by atoms with van der Waals surface area (Å²) in [5.41, 5.74) is 5.51. The smallest absolute Gasteiger partial charge is 0.341 e. The molecule has 1 fully saturated rings. The van der Waals surface area contributed by atoms with Gasteiger partial charge in [0, 0.05) is 25.8 Å². The molecule has 30 heavy (non-hydrogen) atoms. The number of anilines is 1. The van der Waals surface area contributed by atoms with Crippen molar-refractivity contribution in [2.75, 3.05) is 31.1 Å². The van der Waals surface area contributed by atoms with E-state index >= 15 is 4.39 Å². The largest absolute Gasteiger partial charge is 0.487 e. The Bertz CT molecular complexity index is 1130. The van der Waals surface area contributed by atoms with E-state index in [9.17, 15) is 19.1 Å². The minimum atomic E-state index is -1.36. The summed E-state index contributed by atoms with van der Waals surface area (Å²) in [6, 6.07) is 0.859. The van der Waals surface area contributed by atoms with Gasteiger partial charge < -0.3 is 25.0 Å². The molecule has 9 heteroatoms. The van der Waals surface area contributed by atoms with Crippen LogP contribution in [0.1, 0.15) is 42.6 Å². The van der Waals surface area contributed by atoms with Gasteiger partial charge >= 0.3 is 5.97 Å². The van der Waals surface area contributed by atoms with E-state index in [2.05, 4.69) is 0 Å². The third-order valence-corrected chi connectivity index (χ3v) is 5.84. The summed E-state index contributed by atoms with van der Waals surface area (Å²) in [5, 5.41) is 9.35. The van der Waals surface area contributed by atoms with Crippen molar-refractivity contribution < 1.29 is 23.4 Å². The summed E-state index contributed by atoms with van der Waals surface area (Å²) < 4.78 is 36.7. The minimum Gasteiger partial charge on any atom is -0.487 e. The van der Waals surface area contributed by atoms with Crippen LogP contribution in [0.5, 0.6) is 5.75 Å². The Labute approximate surface area is 171 Å². The zero-order chi connectivity index (χ0) is 21.6. The van der Waals surface area contributed by atoms with Crippen LogP contribution in [0.3, 0.4) is 0 Å². The third kappa shape index (κ3) is 3.23. The number of benzene rings is 1. The van der Waals surface area contributed by atoms with E-state index in [0.29, 0.717) is 43.4 Å². The molecule has 0 spiro atoms. The number of nitrogens with zero attached hydrogens (tertiary/aromatic N) is 2. The highest BCUT2D eigenvalue weighted by atomic mass is 19.1. The molecule has 0 radical (unpaired) electrons. The van der Waals surface area contributed by atoms with E-state index in [-0.39, 0.29) is 41.8 Å². The van der Waals surface area contributed by atoms with Crippen molar-refractivity contribution in [2.45, 2.75) is 32.2 Å². The number of ether oxygens (including phenoxy) is 1. The fraction of sp³-hybridized carbons (Fsp3) is 0.429. The van der Waals surface area contributed by atoms with Crippen molar-refractivity contribution >= 4 is 22.6 Å². The highest BCUT2D eigenvalue weighted by Gasteiger charge is 2.30. The average molecular weight is 419 g/mol. The van der Waals surface area contributed by atoms with E-state index in [0.717, 1.165) is 6.07 Å². The molecule has 7 nitrogen and oxygen atoms in total. The first-order valence-electron chi connectivity index (χ1n) is 9.92. The Balaban J connectivity index is 1.89. The predicted octanol–water partition coefficient (Wildman–Crippen LogP) is 2.96. The zero-order valence-electron chi connectivity index (χ0n) is 16.6. The van der Waals surface area contributed by atoms with Crippen molar-refractivity contribution in [1.29, 1.82) is 0 Å². The van der Waals surface area contributed by atoms with Crippen LogP contribution in [-0.4, -0.2) is 41.9 Å². The van der Waals surface area contributed by atoms with Crippen molar-refractivity contribution in [2.24, 2.45) is 5.73 Å². The molecule has 1 atom stereocenters. The third-order valence-electron chi connectivity index (χ3n) is 5.84. The number of rotatable bonds is 3. The molecule has 2 aliphatic rings. The summed E-state index contributed by atoms with van der Waals surface area (Å²) >= 11 is 0. The van der Waals surface area contributed by atoms with Crippen LogP contribution in [0.2, 0.25) is 0 Å². The fourth-order valence-electron chi connectivity index (χ4n) is 4.29. The van der Waals surface area contributed by atoms with Gasteiger partial charge in [-0.2, -0.15) is 0 Å². The number of aromatic carboxylic acids is 1. The molecule has 0 aliphatic carbocycles. The molecule has 0 bridgehead atoms. The van der Waals surface area contributed by atoms with Gasteiger partial charge in [-0.1, -0.05) is 0 Å². The van der Waals surface area contributed by atoms with Gasteiger partial charge in [-0.3, -0.25) is 4.79 Å². The second kappa shape index (κ2) is 7.71. The lowest BCUT2D eigenvalue weighted by Crippen LogP contribution is -2.30. The van der Waals surface area contributed by atoms with E-state index in [4.69, 9.17) is 10.5 Å². The highest BCUT2D eigenvalue weighted by molar-refractivity contribution is 5.97. The molecule has 0 amide bonds. The number of pyridine rings is 1. The monoisotopic (exact) mass is 419 g/mol. The lowest BCUT2D eigenvalue weighted by Gasteiger charge is -2.32. The van der Waals surface area contributed by atoms with Gasteiger partial charge in [0.05, 0.1) is 16.9 Å². The molecule has 2 aliphatic heterocycles. The molecule has 3 N–H and O–H groups in total. The molecule has 3 heterocycles. The van der Waals surface area contributed by atoms with Gasteiger partial charge in [0.2, 0.25) is 5.43 Å². The number of halogens is 2. The van der Waals surface area contributed by atoms with Crippen LogP contribution in [-0.2, 0) is 0 Å². The van der Waals surface area contributed by atoms with Crippen molar-refractivity contribution in [1.82, 2.24) is 4.57 Å². The number of carboxylic acid groups (broad SMARTS) is 1. The second-order valence-corrected chi connectivity index (χ2v) is 7.73. The SMILES string of the molecule is C[C@H]1COc2c(N3CCC/C(=C(\F)CN)CC3)c(F)cc3c(=O)c(C(=O)O)cn1c23. The highest BCUT2D eigenvalue weighted by Crippen LogP contribution is 2.42. The molecule has 0 unspecified atom stereocenters. The van der Waals surface area contributed by atoms with Crippen LogP contribution >= 0.6 is 0 Å². The Kier molecular flexibility index (Phi) is 5.23. The van der Waals surface area contributed by atoms with Gasteiger partial charge in [0.1, 0.15) is 23.7 Å². The number of aromatic nitrogens is 1. The molecular formula is C21H23F2N3O4. The maximum Gasteiger partial charge on any atom is 0.341 e. The van der Waals surface area contributed by atoms with E-state index in [1.807, 2.05) is 6.92 Å². The van der Waals surface area contributed by atoms with Crippen LogP contribution in [0, 0.1) is 5.82 Å². The van der Waals surface area contributed by atoms with Crippen LogP contribution < -0.4 is 20.8 Å².